The van der Waals surface area contributed by atoms with Gasteiger partial charge in [-0.2, -0.15) is 0 Å². The van der Waals surface area contributed by atoms with Crippen LogP contribution in [0.25, 0.3) is 0 Å². The molecule has 6 heteroatoms. The van der Waals surface area contributed by atoms with Crippen LogP contribution >= 0.6 is 0 Å². The van der Waals surface area contributed by atoms with Crippen LogP contribution in [0.15, 0.2) is 0 Å². The van der Waals surface area contributed by atoms with Crippen molar-refractivity contribution < 1.29 is 14.4 Å². The van der Waals surface area contributed by atoms with Crippen LogP contribution in [0.5, 0.6) is 0 Å². The van der Waals surface area contributed by atoms with Crippen LogP contribution in [-0.2, 0) is 14.4 Å². The zero-order valence-corrected chi connectivity index (χ0v) is 8.08. The first kappa shape index (κ1) is 10.9. The summed E-state index contributed by atoms with van der Waals surface area (Å²) in [6.45, 7) is 2.02. The molecule has 2 amide bonds. The molecular weight excluding hydrogens is 186 g/mol. The Morgan fingerprint density at radius 1 is 1.86 bits per heavy atom. The van der Waals surface area contributed by atoms with E-state index in [2.05, 4.69) is 15.6 Å². The van der Waals surface area contributed by atoms with E-state index >= 15 is 0 Å². The van der Waals surface area contributed by atoms with Gasteiger partial charge in [0, 0.05) is 12.5 Å². The minimum Gasteiger partial charge on any atom is -0.342 e. The number of amides is 2. The minimum absolute atomic E-state index is 0.00518. The number of nitrogens with one attached hydrogen (secondary N) is 2. The summed E-state index contributed by atoms with van der Waals surface area (Å²) >= 11 is 0. The van der Waals surface area contributed by atoms with Gasteiger partial charge in [-0.05, 0) is 13.3 Å². The molecule has 1 fully saturated rings. The standard InChI is InChI=1S/C8H15N3O3/c1-5(9)2-3-7(12)10-6-4-14-11-8(6)13/h5-6H,2-4,9H2,1H3,(H,10,12)(H,11,13)/t5?,6-/m1/s1. The second-order valence-corrected chi connectivity index (χ2v) is 3.41. The van der Waals surface area contributed by atoms with Crippen molar-refractivity contribution in [2.75, 3.05) is 6.61 Å². The summed E-state index contributed by atoms with van der Waals surface area (Å²) in [6, 6.07) is -0.565. The molecule has 1 saturated heterocycles. The van der Waals surface area contributed by atoms with E-state index in [4.69, 9.17) is 5.73 Å². The lowest BCUT2D eigenvalue weighted by Gasteiger charge is -2.09. The SMILES string of the molecule is CC(N)CCC(=O)N[C@@H]1CONC1=O. The highest BCUT2D eigenvalue weighted by atomic mass is 16.7. The zero-order chi connectivity index (χ0) is 10.6. The van der Waals surface area contributed by atoms with Gasteiger partial charge < -0.3 is 11.1 Å². The maximum atomic E-state index is 11.2. The van der Waals surface area contributed by atoms with Crippen LogP contribution in [0.2, 0.25) is 0 Å². The summed E-state index contributed by atoms with van der Waals surface area (Å²) < 4.78 is 0. The van der Waals surface area contributed by atoms with E-state index in [9.17, 15) is 9.59 Å². The van der Waals surface area contributed by atoms with Gasteiger partial charge in [-0.25, -0.2) is 5.48 Å². The van der Waals surface area contributed by atoms with Gasteiger partial charge in [0.05, 0.1) is 0 Å². The normalized spacial score (nSPS) is 23.0. The summed E-state index contributed by atoms with van der Waals surface area (Å²) in [6.07, 6.45) is 0.947. The predicted octanol–water partition coefficient (Wildman–Crippen LogP) is -1.34. The molecular formula is C8H15N3O3. The molecule has 1 unspecified atom stereocenters. The molecule has 14 heavy (non-hydrogen) atoms. The van der Waals surface area contributed by atoms with Crippen LogP contribution in [0.3, 0.4) is 0 Å². The van der Waals surface area contributed by atoms with E-state index in [1.807, 2.05) is 6.92 Å². The van der Waals surface area contributed by atoms with Gasteiger partial charge in [-0.1, -0.05) is 0 Å². The van der Waals surface area contributed by atoms with Gasteiger partial charge >= 0.3 is 0 Å². The number of hydroxylamine groups is 1. The van der Waals surface area contributed by atoms with E-state index in [1.165, 1.54) is 0 Å². The molecule has 0 aromatic rings. The Hall–Kier alpha value is -1.14. The number of hydrogen-bond acceptors (Lipinski definition) is 4. The summed E-state index contributed by atoms with van der Waals surface area (Å²) in [5.41, 5.74) is 7.65. The van der Waals surface area contributed by atoms with Gasteiger partial charge in [-0.15, -0.1) is 0 Å². The maximum Gasteiger partial charge on any atom is 0.268 e. The Morgan fingerprint density at radius 3 is 3.07 bits per heavy atom. The van der Waals surface area contributed by atoms with Crippen LogP contribution in [-0.4, -0.2) is 30.5 Å². The molecule has 1 heterocycles. The van der Waals surface area contributed by atoms with Crippen LogP contribution in [0.1, 0.15) is 19.8 Å². The third-order valence-electron chi connectivity index (χ3n) is 1.90. The second-order valence-electron chi connectivity index (χ2n) is 3.41. The van der Waals surface area contributed by atoms with Gasteiger partial charge in [-0.3, -0.25) is 14.4 Å². The van der Waals surface area contributed by atoms with Gasteiger partial charge in [0.25, 0.3) is 5.91 Å². The van der Waals surface area contributed by atoms with Crippen molar-refractivity contribution in [3.05, 3.63) is 0 Å². The molecule has 1 rings (SSSR count). The van der Waals surface area contributed by atoms with E-state index in [0.717, 1.165) is 0 Å². The summed E-state index contributed by atoms with van der Waals surface area (Å²) in [7, 11) is 0. The number of carbonyl (C=O) groups is 2. The van der Waals surface area contributed by atoms with Crippen molar-refractivity contribution in [2.24, 2.45) is 5.73 Å². The lowest BCUT2D eigenvalue weighted by Crippen LogP contribution is -2.41. The third-order valence-corrected chi connectivity index (χ3v) is 1.90. The Balaban J connectivity index is 2.23. The second kappa shape index (κ2) is 4.92. The molecule has 0 spiro atoms. The fraction of sp³-hybridized carbons (Fsp3) is 0.750. The molecule has 0 aromatic heterocycles. The third kappa shape index (κ3) is 3.31. The lowest BCUT2D eigenvalue weighted by molar-refractivity contribution is -0.128. The van der Waals surface area contributed by atoms with E-state index in [1.54, 1.807) is 0 Å². The van der Waals surface area contributed by atoms with Gasteiger partial charge in [0.2, 0.25) is 5.91 Å². The van der Waals surface area contributed by atoms with E-state index in [-0.39, 0.29) is 24.5 Å². The van der Waals surface area contributed by atoms with Crippen molar-refractivity contribution in [3.63, 3.8) is 0 Å². The molecule has 80 valence electrons. The maximum absolute atomic E-state index is 11.2. The van der Waals surface area contributed by atoms with Crippen LogP contribution < -0.4 is 16.5 Å². The number of carbonyl (C=O) groups excluding carboxylic acids is 2. The largest absolute Gasteiger partial charge is 0.342 e. The average molecular weight is 201 g/mol. The number of rotatable bonds is 4. The van der Waals surface area contributed by atoms with Crippen LogP contribution in [0.4, 0.5) is 0 Å². The number of nitrogens with two attached hydrogens (primary N) is 1. The molecule has 6 nitrogen and oxygen atoms in total. The Morgan fingerprint density at radius 2 is 2.57 bits per heavy atom. The van der Waals surface area contributed by atoms with Crippen molar-refractivity contribution in [3.8, 4) is 0 Å². The summed E-state index contributed by atoms with van der Waals surface area (Å²) in [4.78, 5) is 26.9. The monoisotopic (exact) mass is 201 g/mol. The summed E-state index contributed by atoms with van der Waals surface area (Å²) in [5, 5.41) is 2.55. The molecule has 1 aliphatic heterocycles. The van der Waals surface area contributed by atoms with Crippen molar-refractivity contribution in [1.82, 2.24) is 10.8 Å². The van der Waals surface area contributed by atoms with Gasteiger partial charge in [0.1, 0.15) is 12.6 Å². The molecule has 0 saturated carbocycles. The molecule has 2 atom stereocenters. The fourth-order valence-electron chi connectivity index (χ4n) is 1.08. The van der Waals surface area contributed by atoms with Crippen molar-refractivity contribution in [1.29, 1.82) is 0 Å². The molecule has 0 aromatic carbocycles. The topological polar surface area (TPSA) is 93.5 Å². The predicted molar refractivity (Wildman–Crippen MR) is 48.9 cm³/mol. The smallest absolute Gasteiger partial charge is 0.268 e. The van der Waals surface area contributed by atoms with Crippen molar-refractivity contribution >= 4 is 11.8 Å². The number of hydrogen-bond donors (Lipinski definition) is 3. The Bertz CT molecular complexity index is 230. The minimum atomic E-state index is -0.560. The first-order valence-electron chi connectivity index (χ1n) is 4.56. The lowest BCUT2D eigenvalue weighted by atomic mass is 10.2. The van der Waals surface area contributed by atoms with E-state index < -0.39 is 6.04 Å². The first-order chi connectivity index (χ1) is 6.59. The van der Waals surface area contributed by atoms with Gasteiger partial charge in [0.15, 0.2) is 0 Å². The summed E-state index contributed by atoms with van der Waals surface area (Å²) in [5.74, 6) is -0.480. The van der Waals surface area contributed by atoms with E-state index in [0.29, 0.717) is 12.8 Å². The first-order valence-corrected chi connectivity index (χ1v) is 4.56. The molecule has 0 radical (unpaired) electrons. The molecule has 0 bridgehead atoms. The highest BCUT2D eigenvalue weighted by Gasteiger charge is 2.26. The molecule has 1 aliphatic rings. The average Bonchev–Trinajstić information content (AvgIpc) is 2.49. The molecule has 4 N–H and O–H groups in total. The molecule has 0 aliphatic carbocycles. The Kier molecular flexibility index (Phi) is 3.84. The van der Waals surface area contributed by atoms with Crippen LogP contribution in [0, 0.1) is 0 Å². The highest BCUT2D eigenvalue weighted by Crippen LogP contribution is 1.97. The fourth-order valence-corrected chi connectivity index (χ4v) is 1.08. The Labute approximate surface area is 82.1 Å². The van der Waals surface area contributed by atoms with Crippen molar-refractivity contribution in [2.45, 2.75) is 31.8 Å². The zero-order valence-electron chi connectivity index (χ0n) is 8.08. The highest BCUT2D eigenvalue weighted by molar-refractivity contribution is 5.88. The quantitative estimate of drug-likeness (QED) is 0.525.